The van der Waals surface area contributed by atoms with Gasteiger partial charge in [-0.1, -0.05) is 166 Å². The van der Waals surface area contributed by atoms with E-state index in [1.807, 2.05) is 281 Å². The second kappa shape index (κ2) is 39.4. The molecule has 20 aromatic rings. The molecule has 0 saturated heterocycles. The number of fused-ring (bicyclic) bond motifs is 4. The molecule has 4 N–H and O–H groups in total. The molecule has 27 heteroatoms. The average molecular weight is 1880 g/mol. The van der Waals surface area contributed by atoms with Crippen LogP contribution in [-0.2, 0) is 0 Å². The van der Waals surface area contributed by atoms with Gasteiger partial charge in [0.1, 0.15) is 23.3 Å². The Morgan fingerprint density at radius 2 is 0.657 bits per heavy atom. The molecule has 12 heterocycles. The highest BCUT2D eigenvalue weighted by atomic mass is 35.5. The van der Waals surface area contributed by atoms with E-state index in [1.54, 1.807) is 71.2 Å². The third kappa shape index (κ3) is 19.6. The first-order chi connectivity index (χ1) is 66.3. The molecule has 137 heavy (non-hydrogen) atoms. The van der Waals surface area contributed by atoms with Crippen molar-refractivity contribution in [3.63, 3.8) is 0 Å². The Bertz CT molecular complexity index is 8080. The van der Waals surface area contributed by atoms with Crippen molar-refractivity contribution in [3.8, 4) is 90.1 Å². The van der Waals surface area contributed by atoms with Gasteiger partial charge in [-0.15, -0.1) is 0 Å². The summed E-state index contributed by atoms with van der Waals surface area (Å²) in [6.07, 6.45) is 21.6. The Morgan fingerprint density at radius 1 is 0.314 bits per heavy atom. The molecule has 12 aromatic heterocycles. The number of aryl methyl sites for hydroxylation is 7. The number of carbonyl (C=O) groups excluding carboxylic acids is 4. The number of nitrogens with zero attached hydrogens (tertiary/aromatic N) is 12. The maximum absolute atomic E-state index is 14.5. The zero-order valence-electron chi connectivity index (χ0n) is 74.7. The fraction of sp³-hybridized carbons (Fsp3) is 0.0909. The molecule has 0 spiro atoms. The number of aromatic nitrogens is 12. The maximum Gasteiger partial charge on any atom is 0.257 e. The summed E-state index contributed by atoms with van der Waals surface area (Å²) in [6.45, 7) is 13.4. The van der Waals surface area contributed by atoms with Gasteiger partial charge in [-0.25, -0.2) is 37.5 Å². The van der Waals surface area contributed by atoms with Crippen LogP contribution in [0.3, 0.4) is 0 Å². The summed E-state index contributed by atoms with van der Waals surface area (Å²) in [7, 11) is 0. The molecule has 0 unspecified atom stereocenters. The lowest BCUT2D eigenvalue weighted by molar-refractivity contribution is 0.101. The van der Waals surface area contributed by atoms with Gasteiger partial charge in [0.15, 0.2) is 28.4 Å². The number of halogens is 7. The highest BCUT2D eigenvalue weighted by Crippen LogP contribution is 2.44. The molecule has 8 aromatic carbocycles. The van der Waals surface area contributed by atoms with Crippen LogP contribution in [0, 0.1) is 71.7 Å². The quantitative estimate of drug-likeness (QED) is 0.0623. The van der Waals surface area contributed by atoms with Gasteiger partial charge in [0.05, 0.1) is 102 Å². The van der Waals surface area contributed by atoms with E-state index in [4.69, 9.17) is 39.8 Å². The van der Waals surface area contributed by atoms with E-state index in [0.717, 1.165) is 137 Å². The lowest BCUT2D eigenvalue weighted by atomic mass is 10.0. The van der Waals surface area contributed by atoms with Crippen LogP contribution in [0.5, 0.6) is 0 Å². The second-order valence-corrected chi connectivity index (χ2v) is 34.3. The van der Waals surface area contributed by atoms with Crippen molar-refractivity contribution in [1.82, 2.24) is 57.5 Å². The molecule has 1 fully saturated rings. The Balaban J connectivity index is 0.000000122. The van der Waals surface area contributed by atoms with Crippen molar-refractivity contribution < 1.29 is 36.7 Å². The Morgan fingerprint density at radius 3 is 1.08 bits per heavy atom. The van der Waals surface area contributed by atoms with Gasteiger partial charge < -0.3 is 21.3 Å². The van der Waals surface area contributed by atoms with Crippen LogP contribution < -0.4 is 21.3 Å². The van der Waals surface area contributed by atoms with E-state index in [9.17, 15) is 36.7 Å². The fourth-order valence-electron chi connectivity index (χ4n) is 16.1. The smallest absolute Gasteiger partial charge is 0.257 e. The maximum atomic E-state index is 14.5. The van der Waals surface area contributed by atoms with Gasteiger partial charge >= 0.3 is 0 Å². The molecule has 1 aliphatic rings. The number of rotatable bonds is 17. The van der Waals surface area contributed by atoms with E-state index < -0.39 is 23.3 Å². The van der Waals surface area contributed by atoms with E-state index >= 15 is 0 Å². The van der Waals surface area contributed by atoms with Gasteiger partial charge in [-0.3, -0.25) is 56.7 Å². The number of anilines is 4. The average Bonchev–Trinajstić information content (AvgIpc) is 1.62. The normalized spacial score (nSPS) is 11.6. The zero-order chi connectivity index (χ0) is 95.4. The monoisotopic (exact) mass is 1870 g/mol. The van der Waals surface area contributed by atoms with Crippen LogP contribution in [0.15, 0.2) is 323 Å². The minimum atomic E-state index is -1.01. The van der Waals surface area contributed by atoms with E-state index in [0.29, 0.717) is 83.1 Å². The lowest BCUT2D eigenvalue weighted by Crippen LogP contribution is -2.15. The largest absolute Gasteiger partial charge is 0.322 e. The summed E-state index contributed by atoms with van der Waals surface area (Å²) >= 11 is 19.1. The SMILES string of the molecule is Cc1ccc(NC(=O)c2cc(-c3cccn4c(-c5cccc(Cl)c5)ncc34)cnc2C)cc1.Cc1ccc(NC(=O)c2cc(-c3cccn4c(-c5cccc(F)c5F)nc(Cl)c34)cnc2C)cc1.Cc1ccc(NC(=O)c2cc(-c3cccn4c(-c5cccc(F)c5F)ncc34)cnc2C2CC2)cc1.Cc1ccc(NC(=O)c2cc(-c3cccn4c(-c5ccccc5Cl)ncc34)cnc2C)cc1. The summed E-state index contributed by atoms with van der Waals surface area (Å²) < 4.78 is 64.1. The first kappa shape index (κ1) is 91.1. The number of amides is 4. The number of hydrogen-bond donors (Lipinski definition) is 4. The van der Waals surface area contributed by atoms with Crippen molar-refractivity contribution in [1.29, 1.82) is 0 Å². The molecule has 0 bridgehead atoms. The van der Waals surface area contributed by atoms with Crippen molar-refractivity contribution in [2.75, 3.05) is 21.3 Å². The highest BCUT2D eigenvalue weighted by molar-refractivity contribution is 6.34. The van der Waals surface area contributed by atoms with Crippen LogP contribution in [0.2, 0.25) is 15.2 Å². The molecular formula is C110H83Cl3F4N16O4. The van der Waals surface area contributed by atoms with Gasteiger partial charge in [-0.05, 0) is 207 Å². The number of imidazole rings is 4. The molecule has 4 amide bonds. The Kier molecular flexibility index (Phi) is 26.2. The number of benzene rings is 8. The third-order valence-electron chi connectivity index (χ3n) is 23.5. The van der Waals surface area contributed by atoms with E-state index in [1.165, 1.54) is 24.3 Å². The third-order valence-corrected chi connectivity index (χ3v) is 24.3. The molecule has 20 nitrogen and oxygen atoms in total. The van der Waals surface area contributed by atoms with Crippen LogP contribution >= 0.6 is 34.8 Å². The first-order valence-electron chi connectivity index (χ1n) is 43.7. The van der Waals surface area contributed by atoms with Crippen molar-refractivity contribution in [2.45, 2.75) is 67.2 Å². The van der Waals surface area contributed by atoms with Crippen LogP contribution in [0.25, 0.3) is 112 Å². The summed E-state index contributed by atoms with van der Waals surface area (Å²) in [4.78, 5) is 88.4. The summed E-state index contributed by atoms with van der Waals surface area (Å²) in [6, 6.07) is 76.3. The highest BCUT2D eigenvalue weighted by Gasteiger charge is 2.32. The number of nitrogens with one attached hydrogen (secondary N) is 4. The molecule has 1 saturated carbocycles. The van der Waals surface area contributed by atoms with Gasteiger partial charge in [0.25, 0.3) is 23.6 Å². The van der Waals surface area contributed by atoms with Crippen molar-refractivity contribution in [3.05, 3.63) is 429 Å². The van der Waals surface area contributed by atoms with Crippen LogP contribution in [-0.4, -0.2) is 81.1 Å². The predicted molar refractivity (Wildman–Crippen MR) is 533 cm³/mol. The van der Waals surface area contributed by atoms with Crippen LogP contribution in [0.4, 0.5) is 40.3 Å². The lowest BCUT2D eigenvalue weighted by Gasteiger charge is -2.12. The summed E-state index contributed by atoms with van der Waals surface area (Å²) in [5.41, 5.74) is 23.3. The molecule has 0 aliphatic heterocycles. The topological polar surface area (TPSA) is 237 Å². The molecule has 0 atom stereocenters. The molecule has 0 radical (unpaired) electrons. The Hall–Kier alpha value is -16.4. The zero-order valence-corrected chi connectivity index (χ0v) is 77.0. The second-order valence-electron chi connectivity index (χ2n) is 33.1. The van der Waals surface area contributed by atoms with Crippen LogP contribution in [0.1, 0.15) is 105 Å². The molecule has 676 valence electrons. The predicted octanol–water partition coefficient (Wildman–Crippen LogP) is 26.8. The summed E-state index contributed by atoms with van der Waals surface area (Å²) in [5.74, 6) is -2.43. The minimum absolute atomic E-state index is 0.00996. The van der Waals surface area contributed by atoms with E-state index in [2.05, 4.69) is 56.2 Å². The van der Waals surface area contributed by atoms with E-state index in [-0.39, 0.29) is 51.7 Å². The fourth-order valence-corrected chi connectivity index (χ4v) is 16.8. The van der Waals surface area contributed by atoms with Gasteiger partial charge in [-0.2, -0.15) is 0 Å². The van der Waals surface area contributed by atoms with Crippen molar-refractivity contribution >= 4 is 103 Å². The van der Waals surface area contributed by atoms with Crippen molar-refractivity contribution in [2.24, 2.45) is 0 Å². The molecular weight excluding hydrogens is 1790 g/mol. The molecule has 21 rings (SSSR count). The number of carbonyl (C=O) groups is 4. The number of hydrogen-bond acceptors (Lipinski definition) is 12. The minimum Gasteiger partial charge on any atom is -0.322 e. The molecule has 1 aliphatic carbocycles. The van der Waals surface area contributed by atoms with Gasteiger partial charge in [0.2, 0.25) is 0 Å². The summed E-state index contributed by atoms with van der Waals surface area (Å²) in [5, 5.41) is 13.2. The Labute approximate surface area is 799 Å². The van der Waals surface area contributed by atoms with Gasteiger partial charge in [0, 0.05) is 139 Å². The standard InChI is InChI=1S/C29H22F2N4O.C27H19ClF2N4O.2C27H21ClN4O/c1-17-7-11-20(12-8-17)34-29(36)23-14-19(15-32-27(23)18-9-10-18)21-5-3-13-35-25(21)16-33-28(35)22-4-2-6-24(30)26(22)31;1-15-8-10-18(11-9-15)32-27(35)21-13-17(14-31-16(21)2)19-6-4-12-34-24(19)25(28)33-26(34)20-5-3-7-22(29)23(20)30;1-17-8-10-22(11-9-17)31-27(33)24-14-20(15-29-18(24)2)23-7-4-12-32-25(23)16-30-26(32)19-5-3-6-21(28)13-19;1-17-9-11-20(12-10-17)31-27(33)23-14-19(15-29-18(23)2)21-7-5-13-32-25(21)16-30-26(32)22-6-3-4-8-24(22)28/h2-8,11-16,18H,9-10H2,1H3,(H,34,36);3-14H,1-2H3,(H,32,35);2*3-16H,1-2H3,(H,31,33). The first-order valence-corrected chi connectivity index (χ1v) is 44.8. The number of pyridine rings is 8.